The van der Waals surface area contributed by atoms with Crippen molar-refractivity contribution >= 4 is 29.0 Å². The lowest BCUT2D eigenvalue weighted by Gasteiger charge is -2.17. The van der Waals surface area contributed by atoms with Crippen LogP contribution in [0.1, 0.15) is 19.8 Å². The standard InChI is InChI=1S/C24H28FN5O2S/c1-16(23(31)26-19-10-12-20(13-11-19)29(2)3)33-24-28-27-22(17-6-8-18(25)9-7-17)30(24)15-21-5-4-14-32-21/h6-13,16,21H,4-5,14-15H2,1-3H3,(H,26,31). The fourth-order valence-corrected chi connectivity index (χ4v) is 4.50. The number of carbonyl (C=O) groups is 1. The highest BCUT2D eigenvalue weighted by Crippen LogP contribution is 2.29. The molecule has 1 aromatic heterocycles. The Morgan fingerprint density at radius 1 is 1.21 bits per heavy atom. The Kier molecular flexibility index (Phi) is 7.29. The van der Waals surface area contributed by atoms with E-state index in [0.29, 0.717) is 17.5 Å². The second-order valence-electron chi connectivity index (χ2n) is 8.25. The first kappa shape index (κ1) is 23.3. The van der Waals surface area contributed by atoms with E-state index in [2.05, 4.69) is 15.5 Å². The number of anilines is 2. The van der Waals surface area contributed by atoms with E-state index in [9.17, 15) is 9.18 Å². The number of hydrogen-bond donors (Lipinski definition) is 1. The minimum absolute atomic E-state index is 0.0684. The zero-order valence-corrected chi connectivity index (χ0v) is 19.8. The van der Waals surface area contributed by atoms with Crippen LogP contribution in [0.2, 0.25) is 0 Å². The number of hydrogen-bond acceptors (Lipinski definition) is 6. The first-order valence-corrected chi connectivity index (χ1v) is 11.8. The van der Waals surface area contributed by atoms with Gasteiger partial charge in [-0.25, -0.2) is 4.39 Å². The Bertz CT molecular complexity index is 1080. The van der Waals surface area contributed by atoms with Gasteiger partial charge in [0.25, 0.3) is 0 Å². The SMILES string of the molecule is CC(Sc1nnc(-c2ccc(F)cc2)n1CC1CCCO1)C(=O)Nc1ccc(N(C)C)cc1. The van der Waals surface area contributed by atoms with Crippen molar-refractivity contribution in [3.8, 4) is 11.4 Å². The number of rotatable bonds is 8. The summed E-state index contributed by atoms with van der Waals surface area (Å²) in [5.41, 5.74) is 2.57. The molecule has 3 aromatic rings. The van der Waals surface area contributed by atoms with Gasteiger partial charge in [0.05, 0.1) is 17.9 Å². The normalized spacial score (nSPS) is 16.5. The van der Waals surface area contributed by atoms with Crippen LogP contribution in [0.25, 0.3) is 11.4 Å². The van der Waals surface area contributed by atoms with Gasteiger partial charge in [-0.05, 0) is 68.3 Å². The van der Waals surface area contributed by atoms with E-state index in [-0.39, 0.29) is 17.8 Å². The third kappa shape index (κ3) is 5.72. The summed E-state index contributed by atoms with van der Waals surface area (Å²) in [6, 6.07) is 13.9. The van der Waals surface area contributed by atoms with Crippen LogP contribution in [-0.4, -0.2) is 52.7 Å². The second-order valence-corrected chi connectivity index (χ2v) is 9.56. The molecule has 0 spiro atoms. The molecule has 1 fully saturated rings. The number of nitrogens with zero attached hydrogens (tertiary/aromatic N) is 4. The number of halogens is 1. The van der Waals surface area contributed by atoms with Crippen LogP contribution in [0.5, 0.6) is 0 Å². The monoisotopic (exact) mass is 469 g/mol. The molecule has 174 valence electrons. The summed E-state index contributed by atoms with van der Waals surface area (Å²) in [6.07, 6.45) is 2.05. The lowest BCUT2D eigenvalue weighted by atomic mass is 10.2. The molecule has 1 amide bonds. The van der Waals surface area contributed by atoms with E-state index < -0.39 is 5.25 Å². The average molecular weight is 470 g/mol. The van der Waals surface area contributed by atoms with Crippen LogP contribution in [0, 0.1) is 5.82 Å². The minimum atomic E-state index is -0.396. The number of carbonyl (C=O) groups excluding carboxylic acids is 1. The molecule has 0 bridgehead atoms. The first-order chi connectivity index (χ1) is 15.9. The second kappa shape index (κ2) is 10.4. The van der Waals surface area contributed by atoms with Gasteiger partial charge in [0.1, 0.15) is 5.82 Å². The van der Waals surface area contributed by atoms with Crippen molar-refractivity contribution in [2.24, 2.45) is 0 Å². The Labute approximate surface area is 197 Å². The molecule has 0 radical (unpaired) electrons. The van der Waals surface area contributed by atoms with E-state index in [1.54, 1.807) is 12.1 Å². The maximum atomic E-state index is 13.4. The molecule has 33 heavy (non-hydrogen) atoms. The van der Waals surface area contributed by atoms with Crippen molar-refractivity contribution in [1.82, 2.24) is 14.8 Å². The van der Waals surface area contributed by atoms with Crippen molar-refractivity contribution in [2.45, 2.75) is 42.8 Å². The molecule has 1 saturated heterocycles. The first-order valence-electron chi connectivity index (χ1n) is 11.0. The van der Waals surface area contributed by atoms with Crippen LogP contribution in [0.3, 0.4) is 0 Å². The fraction of sp³-hybridized carbons (Fsp3) is 0.375. The summed E-state index contributed by atoms with van der Waals surface area (Å²) >= 11 is 1.35. The van der Waals surface area contributed by atoms with Gasteiger partial charge in [-0.1, -0.05) is 11.8 Å². The highest BCUT2D eigenvalue weighted by atomic mass is 32.2. The van der Waals surface area contributed by atoms with Crippen molar-refractivity contribution in [3.05, 3.63) is 54.3 Å². The minimum Gasteiger partial charge on any atom is -0.378 e. The van der Waals surface area contributed by atoms with Crippen LogP contribution in [0.4, 0.5) is 15.8 Å². The zero-order valence-electron chi connectivity index (χ0n) is 19.0. The number of nitrogens with one attached hydrogen (secondary N) is 1. The van der Waals surface area contributed by atoms with E-state index >= 15 is 0 Å². The summed E-state index contributed by atoms with van der Waals surface area (Å²) < 4.78 is 21.2. The Hall–Kier alpha value is -2.91. The van der Waals surface area contributed by atoms with Gasteiger partial charge >= 0.3 is 0 Å². The molecule has 4 rings (SSSR count). The molecule has 1 aliphatic rings. The topological polar surface area (TPSA) is 72.3 Å². The Balaban J connectivity index is 1.50. The van der Waals surface area contributed by atoms with E-state index in [1.165, 1.54) is 23.9 Å². The van der Waals surface area contributed by atoms with Crippen LogP contribution < -0.4 is 10.2 Å². The summed E-state index contributed by atoms with van der Waals surface area (Å²) in [7, 11) is 3.94. The third-order valence-electron chi connectivity index (χ3n) is 5.53. The summed E-state index contributed by atoms with van der Waals surface area (Å²) in [6.45, 7) is 3.17. The van der Waals surface area contributed by atoms with Gasteiger partial charge in [-0.2, -0.15) is 0 Å². The molecule has 0 saturated carbocycles. The largest absolute Gasteiger partial charge is 0.378 e. The molecule has 2 heterocycles. The van der Waals surface area contributed by atoms with Crippen molar-refractivity contribution < 1.29 is 13.9 Å². The maximum Gasteiger partial charge on any atom is 0.237 e. The zero-order chi connectivity index (χ0) is 23.4. The van der Waals surface area contributed by atoms with E-state index in [4.69, 9.17) is 4.74 Å². The third-order valence-corrected chi connectivity index (χ3v) is 6.61. The maximum absolute atomic E-state index is 13.4. The number of thioether (sulfide) groups is 1. The number of aromatic nitrogens is 3. The Morgan fingerprint density at radius 2 is 1.94 bits per heavy atom. The van der Waals surface area contributed by atoms with Gasteiger partial charge in [0, 0.05) is 37.6 Å². The molecular formula is C24H28FN5O2S. The molecule has 2 atom stereocenters. The Morgan fingerprint density at radius 3 is 2.58 bits per heavy atom. The molecule has 2 unspecified atom stereocenters. The predicted octanol–water partition coefficient (Wildman–Crippen LogP) is 4.45. The van der Waals surface area contributed by atoms with Gasteiger partial charge < -0.3 is 15.0 Å². The molecule has 1 aliphatic heterocycles. The lowest BCUT2D eigenvalue weighted by Crippen LogP contribution is -2.23. The van der Waals surface area contributed by atoms with Crippen LogP contribution >= 0.6 is 11.8 Å². The molecule has 0 aliphatic carbocycles. The molecule has 1 N–H and O–H groups in total. The predicted molar refractivity (Wildman–Crippen MR) is 129 cm³/mol. The molecule has 7 nitrogen and oxygen atoms in total. The van der Waals surface area contributed by atoms with Gasteiger partial charge in [0.15, 0.2) is 11.0 Å². The van der Waals surface area contributed by atoms with Crippen molar-refractivity contribution in [2.75, 3.05) is 30.9 Å². The van der Waals surface area contributed by atoms with Gasteiger partial charge in [-0.3, -0.25) is 9.36 Å². The highest BCUT2D eigenvalue weighted by Gasteiger charge is 2.24. The smallest absolute Gasteiger partial charge is 0.237 e. The summed E-state index contributed by atoms with van der Waals surface area (Å²) in [5.74, 6) is 0.218. The number of benzene rings is 2. The van der Waals surface area contributed by atoms with Crippen molar-refractivity contribution in [1.29, 1.82) is 0 Å². The van der Waals surface area contributed by atoms with E-state index in [0.717, 1.165) is 36.4 Å². The average Bonchev–Trinajstić information content (AvgIpc) is 3.45. The van der Waals surface area contributed by atoms with Gasteiger partial charge in [-0.15, -0.1) is 10.2 Å². The molecule has 9 heteroatoms. The summed E-state index contributed by atoms with van der Waals surface area (Å²) in [5, 5.41) is 11.9. The van der Waals surface area contributed by atoms with Crippen molar-refractivity contribution in [3.63, 3.8) is 0 Å². The van der Waals surface area contributed by atoms with Crippen LogP contribution in [-0.2, 0) is 16.1 Å². The van der Waals surface area contributed by atoms with E-state index in [1.807, 2.05) is 54.8 Å². The number of ether oxygens (including phenoxy) is 1. The lowest BCUT2D eigenvalue weighted by molar-refractivity contribution is -0.115. The molecular weight excluding hydrogens is 441 g/mol. The molecule has 2 aromatic carbocycles. The van der Waals surface area contributed by atoms with Crippen LogP contribution in [0.15, 0.2) is 53.7 Å². The quantitative estimate of drug-likeness (QED) is 0.492. The summed E-state index contributed by atoms with van der Waals surface area (Å²) in [4.78, 5) is 14.8. The highest BCUT2D eigenvalue weighted by molar-refractivity contribution is 8.00. The number of amides is 1. The fourth-order valence-electron chi connectivity index (χ4n) is 3.64. The van der Waals surface area contributed by atoms with Gasteiger partial charge in [0.2, 0.25) is 5.91 Å².